The average Bonchev–Trinajstić information content (AvgIpc) is 3.26. The van der Waals surface area contributed by atoms with Crippen molar-refractivity contribution in [2.24, 2.45) is 0 Å². The minimum atomic E-state index is 0.769. The smallest absolute Gasteiger partial charge is 0.198 e. The number of H-pyrrole nitrogens is 2. The van der Waals surface area contributed by atoms with E-state index >= 15 is 0 Å². The first-order valence-electron chi connectivity index (χ1n) is 9.43. The molecule has 1 aliphatic heterocycles. The normalized spacial score (nSPS) is 15.7. The quantitative estimate of drug-likeness (QED) is 0.518. The van der Waals surface area contributed by atoms with Crippen LogP contribution in [0.2, 0.25) is 0 Å². The fourth-order valence-corrected chi connectivity index (χ4v) is 3.95. The molecule has 4 nitrogen and oxygen atoms in total. The maximum atomic E-state index is 6.04. The Balaban J connectivity index is 1.38. The van der Waals surface area contributed by atoms with Crippen LogP contribution in [-0.2, 0) is 6.54 Å². The highest BCUT2D eigenvalue weighted by atomic mass is 16.5. The summed E-state index contributed by atoms with van der Waals surface area (Å²) in [6.45, 7) is 3.46. The zero-order valence-electron chi connectivity index (χ0n) is 14.8. The van der Waals surface area contributed by atoms with E-state index in [1.54, 1.807) is 0 Å². The molecule has 2 aromatic heterocycles. The van der Waals surface area contributed by atoms with Crippen LogP contribution >= 0.6 is 0 Å². The Bertz CT molecular complexity index is 1010. The van der Waals surface area contributed by atoms with Gasteiger partial charge in [-0.05, 0) is 49.7 Å². The number of hydrogen-bond acceptors (Lipinski definition) is 2. The molecule has 132 valence electrons. The Kier molecular flexibility index (Phi) is 3.91. The van der Waals surface area contributed by atoms with E-state index in [0.29, 0.717) is 0 Å². The lowest BCUT2D eigenvalue weighted by atomic mass is 10.1. The number of benzene rings is 2. The molecule has 1 saturated heterocycles. The molecule has 2 aromatic carbocycles. The van der Waals surface area contributed by atoms with E-state index in [2.05, 4.69) is 51.4 Å². The molecular formula is C22H23N3O. The fraction of sp³-hybridized carbons (Fsp3) is 0.273. The first-order chi connectivity index (χ1) is 12.8. The fourth-order valence-electron chi connectivity index (χ4n) is 3.95. The number of rotatable bonds is 4. The molecule has 0 bridgehead atoms. The molecule has 0 saturated carbocycles. The molecule has 0 radical (unpaired) electrons. The predicted molar refractivity (Wildman–Crippen MR) is 106 cm³/mol. The third-order valence-corrected chi connectivity index (χ3v) is 5.31. The molecule has 0 aliphatic carbocycles. The van der Waals surface area contributed by atoms with Gasteiger partial charge in [0.2, 0.25) is 0 Å². The second-order valence-corrected chi connectivity index (χ2v) is 7.18. The molecule has 4 aromatic rings. The van der Waals surface area contributed by atoms with Gasteiger partial charge in [0.25, 0.3) is 0 Å². The number of aromatic nitrogens is 2. The summed E-state index contributed by atoms with van der Waals surface area (Å²) >= 11 is 0. The summed E-state index contributed by atoms with van der Waals surface area (Å²) < 4.78 is 6.04. The number of aromatic amines is 2. The van der Waals surface area contributed by atoms with E-state index < -0.39 is 0 Å². The molecule has 0 spiro atoms. The zero-order chi connectivity index (χ0) is 17.3. The summed E-state index contributed by atoms with van der Waals surface area (Å²) in [5.41, 5.74) is 3.59. The Morgan fingerprint density at radius 3 is 2.69 bits per heavy atom. The van der Waals surface area contributed by atoms with Crippen molar-refractivity contribution in [2.75, 3.05) is 13.1 Å². The van der Waals surface area contributed by atoms with Gasteiger partial charge in [0.05, 0.1) is 0 Å². The predicted octanol–water partition coefficient (Wildman–Crippen LogP) is 5.43. The highest BCUT2D eigenvalue weighted by molar-refractivity contribution is 5.85. The van der Waals surface area contributed by atoms with Crippen LogP contribution in [0.3, 0.4) is 0 Å². The molecular weight excluding hydrogens is 322 g/mol. The van der Waals surface area contributed by atoms with Gasteiger partial charge in [0.15, 0.2) is 5.88 Å². The number of piperidine rings is 1. The number of hydrogen-bond donors (Lipinski definition) is 2. The Morgan fingerprint density at radius 1 is 0.923 bits per heavy atom. The highest BCUT2D eigenvalue weighted by Gasteiger charge is 2.13. The molecule has 2 N–H and O–H groups in total. The number of fused-ring (bicyclic) bond motifs is 2. The van der Waals surface area contributed by atoms with Gasteiger partial charge in [-0.3, -0.25) is 4.90 Å². The van der Waals surface area contributed by atoms with Crippen molar-refractivity contribution in [1.82, 2.24) is 14.9 Å². The second kappa shape index (κ2) is 6.54. The van der Waals surface area contributed by atoms with Crippen molar-refractivity contribution >= 4 is 21.8 Å². The Labute approximate surface area is 152 Å². The summed E-state index contributed by atoms with van der Waals surface area (Å²) in [4.78, 5) is 9.28. The van der Waals surface area contributed by atoms with E-state index in [9.17, 15) is 0 Å². The summed E-state index contributed by atoms with van der Waals surface area (Å²) in [6.07, 6.45) is 6.17. The Morgan fingerprint density at radius 2 is 1.81 bits per heavy atom. The summed E-state index contributed by atoms with van der Waals surface area (Å²) in [6, 6.07) is 16.6. The van der Waals surface area contributed by atoms with Crippen molar-refractivity contribution in [2.45, 2.75) is 25.8 Å². The van der Waals surface area contributed by atoms with E-state index in [1.807, 2.05) is 18.2 Å². The van der Waals surface area contributed by atoms with Crippen molar-refractivity contribution in [3.63, 3.8) is 0 Å². The van der Waals surface area contributed by atoms with Gasteiger partial charge in [-0.15, -0.1) is 0 Å². The van der Waals surface area contributed by atoms with Gasteiger partial charge in [-0.2, -0.15) is 0 Å². The molecule has 0 amide bonds. The van der Waals surface area contributed by atoms with Crippen LogP contribution in [0.15, 0.2) is 54.7 Å². The SMILES string of the molecule is c1ccc2[nH]c(Oc3ccc4c(CN5CCCCC5)c[nH]c4c3)cc2c1. The molecule has 5 rings (SSSR count). The molecule has 3 heterocycles. The minimum absolute atomic E-state index is 0.769. The average molecular weight is 345 g/mol. The first-order valence-corrected chi connectivity index (χ1v) is 9.43. The second-order valence-electron chi connectivity index (χ2n) is 7.18. The van der Waals surface area contributed by atoms with Crippen LogP contribution in [0.25, 0.3) is 21.8 Å². The summed E-state index contributed by atoms with van der Waals surface area (Å²) in [5.74, 6) is 1.61. The number of likely N-dealkylation sites (tertiary alicyclic amines) is 1. The maximum absolute atomic E-state index is 6.04. The number of nitrogens with zero attached hydrogens (tertiary/aromatic N) is 1. The van der Waals surface area contributed by atoms with E-state index in [0.717, 1.165) is 34.6 Å². The highest BCUT2D eigenvalue weighted by Crippen LogP contribution is 2.29. The molecule has 26 heavy (non-hydrogen) atoms. The largest absolute Gasteiger partial charge is 0.441 e. The molecule has 0 atom stereocenters. The Hall–Kier alpha value is -2.72. The van der Waals surface area contributed by atoms with Crippen LogP contribution in [-0.4, -0.2) is 28.0 Å². The standard InChI is InChI=1S/C22H23N3O/c1-4-10-25(11-5-1)15-17-14-23-21-13-18(8-9-19(17)21)26-22-12-16-6-2-3-7-20(16)24-22/h2-3,6-9,12-14,23-24H,1,4-5,10-11,15H2. The van der Waals surface area contributed by atoms with Crippen molar-refractivity contribution in [3.05, 3.63) is 60.3 Å². The zero-order valence-corrected chi connectivity index (χ0v) is 14.8. The monoisotopic (exact) mass is 345 g/mol. The van der Waals surface area contributed by atoms with Crippen molar-refractivity contribution in [3.8, 4) is 11.6 Å². The first kappa shape index (κ1) is 15.5. The van der Waals surface area contributed by atoms with Crippen LogP contribution in [0.4, 0.5) is 0 Å². The minimum Gasteiger partial charge on any atom is -0.441 e. The summed E-state index contributed by atoms with van der Waals surface area (Å²) in [7, 11) is 0. The molecule has 4 heteroatoms. The third-order valence-electron chi connectivity index (χ3n) is 5.31. The molecule has 1 aliphatic rings. The van der Waals surface area contributed by atoms with Crippen LogP contribution in [0.1, 0.15) is 24.8 Å². The van der Waals surface area contributed by atoms with Gasteiger partial charge < -0.3 is 14.7 Å². The number of nitrogens with one attached hydrogen (secondary N) is 2. The maximum Gasteiger partial charge on any atom is 0.198 e. The van der Waals surface area contributed by atoms with Crippen LogP contribution in [0, 0.1) is 0 Å². The van der Waals surface area contributed by atoms with E-state index in [-0.39, 0.29) is 0 Å². The third kappa shape index (κ3) is 2.97. The lowest BCUT2D eigenvalue weighted by molar-refractivity contribution is 0.221. The van der Waals surface area contributed by atoms with Gasteiger partial charge in [-0.25, -0.2) is 0 Å². The van der Waals surface area contributed by atoms with Gasteiger partial charge >= 0.3 is 0 Å². The number of para-hydroxylation sites is 1. The van der Waals surface area contributed by atoms with Crippen molar-refractivity contribution in [1.29, 1.82) is 0 Å². The van der Waals surface area contributed by atoms with Gasteiger partial charge in [0, 0.05) is 46.7 Å². The summed E-state index contributed by atoms with van der Waals surface area (Å²) in [5, 5.41) is 2.45. The lowest BCUT2D eigenvalue weighted by Gasteiger charge is -2.26. The lowest BCUT2D eigenvalue weighted by Crippen LogP contribution is -2.28. The topological polar surface area (TPSA) is 44.0 Å². The van der Waals surface area contributed by atoms with Crippen molar-refractivity contribution < 1.29 is 4.74 Å². The molecule has 0 unspecified atom stereocenters. The molecule has 1 fully saturated rings. The van der Waals surface area contributed by atoms with E-state index in [1.165, 1.54) is 43.3 Å². The van der Waals surface area contributed by atoms with Crippen LogP contribution < -0.4 is 4.74 Å². The number of ether oxygens (including phenoxy) is 1. The van der Waals surface area contributed by atoms with Gasteiger partial charge in [-0.1, -0.05) is 24.6 Å². The van der Waals surface area contributed by atoms with Crippen LogP contribution in [0.5, 0.6) is 11.6 Å². The van der Waals surface area contributed by atoms with E-state index in [4.69, 9.17) is 4.74 Å². The van der Waals surface area contributed by atoms with Gasteiger partial charge in [0.1, 0.15) is 5.75 Å².